The summed E-state index contributed by atoms with van der Waals surface area (Å²) in [4.78, 5) is 28.6. The van der Waals surface area contributed by atoms with E-state index in [1.165, 1.54) is 12.0 Å². The minimum absolute atomic E-state index is 0.101. The average Bonchev–Trinajstić information content (AvgIpc) is 3.39. The Morgan fingerprint density at radius 2 is 1.68 bits per heavy atom. The van der Waals surface area contributed by atoms with E-state index >= 15 is 0 Å². The van der Waals surface area contributed by atoms with Gasteiger partial charge >= 0.3 is 0 Å². The molecule has 0 aliphatic heterocycles. The summed E-state index contributed by atoms with van der Waals surface area (Å²) in [5.41, 5.74) is 1.11. The van der Waals surface area contributed by atoms with Crippen LogP contribution >= 0.6 is 0 Å². The van der Waals surface area contributed by atoms with Gasteiger partial charge in [-0.1, -0.05) is 38.0 Å². The first-order valence-electron chi connectivity index (χ1n) is 12.5. The summed E-state index contributed by atoms with van der Waals surface area (Å²) >= 11 is 0. The van der Waals surface area contributed by atoms with E-state index in [1.807, 2.05) is 19.1 Å². The first-order valence-corrected chi connectivity index (χ1v) is 14.4. The minimum atomic E-state index is -3.81. The largest absolute Gasteiger partial charge is 0.497 e. The predicted molar refractivity (Wildman–Crippen MR) is 143 cm³/mol. The Morgan fingerprint density at radius 3 is 2.24 bits per heavy atom. The number of methoxy groups -OCH3 is 2. The molecule has 9 nitrogen and oxygen atoms in total. The highest BCUT2D eigenvalue weighted by Gasteiger charge is 2.33. The van der Waals surface area contributed by atoms with Crippen LogP contribution in [0.5, 0.6) is 11.5 Å². The number of nitrogens with zero attached hydrogens (tertiary/aromatic N) is 2. The number of carbonyl (C=O) groups is 2. The van der Waals surface area contributed by atoms with Crippen molar-refractivity contribution in [2.24, 2.45) is 0 Å². The van der Waals surface area contributed by atoms with Gasteiger partial charge in [-0.05, 0) is 49.1 Å². The van der Waals surface area contributed by atoms with Crippen LogP contribution in [0.1, 0.15) is 44.6 Å². The molecule has 1 aliphatic rings. The fraction of sp³-hybridized carbons (Fsp3) is 0.481. The Bertz CT molecular complexity index is 1160. The van der Waals surface area contributed by atoms with E-state index in [4.69, 9.17) is 9.47 Å². The first-order chi connectivity index (χ1) is 17.7. The van der Waals surface area contributed by atoms with E-state index in [9.17, 15) is 18.0 Å². The molecule has 2 aromatic carbocycles. The van der Waals surface area contributed by atoms with Crippen molar-refractivity contribution in [3.8, 4) is 11.5 Å². The zero-order valence-electron chi connectivity index (χ0n) is 22.0. The lowest BCUT2D eigenvalue weighted by Gasteiger charge is -2.33. The fourth-order valence-electron chi connectivity index (χ4n) is 4.59. The quantitative estimate of drug-likeness (QED) is 0.451. The molecule has 3 rings (SSSR count). The molecule has 0 radical (unpaired) electrons. The second-order valence-corrected chi connectivity index (χ2v) is 11.2. The highest BCUT2D eigenvalue weighted by molar-refractivity contribution is 7.92. The maximum atomic E-state index is 13.8. The Balaban J connectivity index is 1.92. The van der Waals surface area contributed by atoms with Crippen molar-refractivity contribution in [2.75, 3.05) is 31.3 Å². The van der Waals surface area contributed by atoms with Crippen LogP contribution in [0, 0.1) is 0 Å². The molecular weight excluding hydrogens is 494 g/mol. The summed E-state index contributed by atoms with van der Waals surface area (Å²) in [6.07, 6.45) is 5.43. The van der Waals surface area contributed by atoms with Gasteiger partial charge in [0.1, 0.15) is 24.1 Å². The van der Waals surface area contributed by atoms with Gasteiger partial charge in [0.05, 0.1) is 26.2 Å². The van der Waals surface area contributed by atoms with E-state index < -0.39 is 28.5 Å². The maximum absolute atomic E-state index is 13.8. The zero-order valence-corrected chi connectivity index (χ0v) is 22.8. The van der Waals surface area contributed by atoms with E-state index in [0.29, 0.717) is 23.6 Å². The highest BCUT2D eigenvalue weighted by atomic mass is 32.2. The summed E-state index contributed by atoms with van der Waals surface area (Å²) in [6.45, 7) is 1.55. The minimum Gasteiger partial charge on any atom is -0.497 e. The van der Waals surface area contributed by atoms with Crippen molar-refractivity contribution in [3.05, 3.63) is 54.1 Å². The molecule has 0 heterocycles. The van der Waals surface area contributed by atoms with Gasteiger partial charge in [0.2, 0.25) is 21.8 Å². The molecule has 1 atom stereocenters. The Hall–Kier alpha value is -3.27. The van der Waals surface area contributed by atoms with Crippen molar-refractivity contribution >= 4 is 27.5 Å². The second kappa shape index (κ2) is 12.8. The highest BCUT2D eigenvalue weighted by Crippen LogP contribution is 2.25. The Labute approximate surface area is 219 Å². The molecule has 1 fully saturated rings. The summed E-state index contributed by atoms with van der Waals surface area (Å²) in [7, 11) is -0.752. The topological polar surface area (TPSA) is 105 Å². The molecule has 1 N–H and O–H groups in total. The molecule has 2 amide bonds. The smallest absolute Gasteiger partial charge is 0.244 e. The number of ether oxygens (including phenoxy) is 2. The number of hydrogen-bond donors (Lipinski definition) is 1. The van der Waals surface area contributed by atoms with Gasteiger partial charge in [-0.3, -0.25) is 13.9 Å². The number of anilines is 1. The zero-order chi connectivity index (χ0) is 27.0. The molecule has 1 aliphatic carbocycles. The lowest BCUT2D eigenvalue weighted by atomic mass is 10.1. The van der Waals surface area contributed by atoms with Crippen LogP contribution in [0.2, 0.25) is 0 Å². The van der Waals surface area contributed by atoms with Gasteiger partial charge in [-0.15, -0.1) is 0 Å². The number of hydrogen-bond acceptors (Lipinski definition) is 6. The number of amides is 2. The third kappa shape index (κ3) is 7.61. The molecule has 0 bridgehead atoms. The van der Waals surface area contributed by atoms with Crippen LogP contribution in [-0.4, -0.2) is 64.2 Å². The van der Waals surface area contributed by atoms with Gasteiger partial charge in [-0.25, -0.2) is 8.42 Å². The standard InChI is InChI=1S/C27H37N3O6S/c1-5-25(27(32)28-21-9-6-7-10-21)29(18-20-13-15-23(35-2)16-14-20)26(31)19-30(37(4,33)34)22-11-8-12-24(17-22)36-3/h8,11-17,21,25H,5-7,9-10,18-19H2,1-4H3,(H,28,32)/t25-/m0/s1. The molecule has 0 aromatic heterocycles. The summed E-state index contributed by atoms with van der Waals surface area (Å²) in [5, 5.41) is 3.10. The molecule has 1 saturated carbocycles. The van der Waals surface area contributed by atoms with Crippen molar-refractivity contribution in [1.29, 1.82) is 0 Å². The van der Waals surface area contributed by atoms with E-state index in [1.54, 1.807) is 43.5 Å². The Kier molecular flexibility index (Phi) is 9.79. The fourth-order valence-corrected chi connectivity index (χ4v) is 5.44. The third-order valence-electron chi connectivity index (χ3n) is 6.62. The van der Waals surface area contributed by atoms with E-state index in [0.717, 1.165) is 41.8 Å². The van der Waals surface area contributed by atoms with Crippen LogP contribution in [0.15, 0.2) is 48.5 Å². The molecular formula is C27H37N3O6S. The predicted octanol–water partition coefficient (Wildman–Crippen LogP) is 3.34. The van der Waals surface area contributed by atoms with Gasteiger partial charge in [0.25, 0.3) is 0 Å². The SMILES string of the molecule is CC[C@@H](C(=O)NC1CCCC1)N(Cc1ccc(OC)cc1)C(=O)CN(c1cccc(OC)c1)S(C)(=O)=O. The van der Waals surface area contributed by atoms with Crippen molar-refractivity contribution in [2.45, 2.75) is 57.7 Å². The second-order valence-electron chi connectivity index (χ2n) is 9.25. The van der Waals surface area contributed by atoms with Crippen LogP contribution in [-0.2, 0) is 26.2 Å². The average molecular weight is 532 g/mol. The van der Waals surface area contributed by atoms with Crippen LogP contribution in [0.4, 0.5) is 5.69 Å². The van der Waals surface area contributed by atoms with Gasteiger partial charge in [0, 0.05) is 18.7 Å². The number of benzene rings is 2. The number of rotatable bonds is 12. The monoisotopic (exact) mass is 531 g/mol. The summed E-state index contributed by atoms with van der Waals surface area (Å²) < 4.78 is 37.0. The molecule has 2 aromatic rings. The van der Waals surface area contributed by atoms with Gasteiger partial charge < -0.3 is 19.7 Å². The Morgan fingerprint density at radius 1 is 1.03 bits per heavy atom. The van der Waals surface area contributed by atoms with Crippen LogP contribution in [0.3, 0.4) is 0 Å². The number of carbonyl (C=O) groups excluding carboxylic acids is 2. The summed E-state index contributed by atoms with van der Waals surface area (Å²) in [5.74, 6) is 0.450. The molecule has 10 heteroatoms. The summed E-state index contributed by atoms with van der Waals surface area (Å²) in [6, 6.07) is 13.1. The molecule has 37 heavy (non-hydrogen) atoms. The maximum Gasteiger partial charge on any atom is 0.244 e. The van der Waals surface area contributed by atoms with E-state index in [2.05, 4.69) is 5.32 Å². The van der Waals surface area contributed by atoms with E-state index in [-0.39, 0.29) is 18.5 Å². The number of nitrogens with one attached hydrogen (secondary N) is 1. The molecule has 0 spiro atoms. The van der Waals surface area contributed by atoms with Crippen molar-refractivity contribution < 1.29 is 27.5 Å². The lowest BCUT2D eigenvalue weighted by molar-refractivity contribution is -0.140. The third-order valence-corrected chi connectivity index (χ3v) is 7.76. The van der Waals surface area contributed by atoms with Crippen LogP contribution < -0.4 is 19.1 Å². The van der Waals surface area contributed by atoms with Gasteiger partial charge in [0.15, 0.2) is 0 Å². The van der Waals surface area contributed by atoms with Gasteiger partial charge in [-0.2, -0.15) is 0 Å². The number of sulfonamides is 1. The molecule has 0 saturated heterocycles. The normalized spacial score (nSPS) is 14.6. The van der Waals surface area contributed by atoms with Crippen LogP contribution in [0.25, 0.3) is 0 Å². The van der Waals surface area contributed by atoms with Crippen molar-refractivity contribution in [3.63, 3.8) is 0 Å². The molecule has 0 unspecified atom stereocenters. The van der Waals surface area contributed by atoms with Crippen molar-refractivity contribution in [1.82, 2.24) is 10.2 Å². The lowest BCUT2D eigenvalue weighted by Crippen LogP contribution is -2.53. The first kappa shape index (κ1) is 28.3. The molecule has 202 valence electrons.